The van der Waals surface area contributed by atoms with Crippen molar-refractivity contribution in [2.24, 2.45) is 0 Å². The molecule has 0 saturated carbocycles. The van der Waals surface area contributed by atoms with Crippen LogP contribution in [-0.2, 0) is 14.3 Å². The second-order valence-corrected chi connectivity index (χ2v) is 4.91. The van der Waals surface area contributed by atoms with Crippen molar-refractivity contribution in [1.82, 2.24) is 4.90 Å². The molecule has 0 N–H and O–H groups in total. The van der Waals surface area contributed by atoms with Crippen LogP contribution in [0.4, 0.5) is 0 Å². The number of rotatable bonds is 7. The molecule has 0 aliphatic rings. The van der Waals surface area contributed by atoms with Gasteiger partial charge >= 0.3 is 5.97 Å². The van der Waals surface area contributed by atoms with E-state index in [2.05, 4.69) is 4.74 Å². The summed E-state index contributed by atoms with van der Waals surface area (Å²) in [5, 5.41) is 0. The summed E-state index contributed by atoms with van der Waals surface area (Å²) in [6.45, 7) is 6.06. The maximum atomic E-state index is 12.3. The first kappa shape index (κ1) is 17.0. The molecule has 1 atom stereocenters. The van der Waals surface area contributed by atoms with Gasteiger partial charge in [0.05, 0.1) is 7.11 Å². The summed E-state index contributed by atoms with van der Waals surface area (Å²) in [7, 11) is 1.31. The highest BCUT2D eigenvalue weighted by Crippen LogP contribution is 2.14. The van der Waals surface area contributed by atoms with E-state index in [1.807, 2.05) is 38.1 Å². The van der Waals surface area contributed by atoms with Gasteiger partial charge in [0.25, 0.3) is 5.91 Å². The van der Waals surface area contributed by atoms with Crippen LogP contribution in [0.25, 0.3) is 0 Å². The van der Waals surface area contributed by atoms with Gasteiger partial charge in [-0.15, -0.1) is 0 Å². The molecule has 0 heterocycles. The van der Waals surface area contributed by atoms with Crippen LogP contribution in [0.15, 0.2) is 24.3 Å². The number of hydrogen-bond donors (Lipinski definition) is 0. The summed E-state index contributed by atoms with van der Waals surface area (Å²) >= 11 is 0. The van der Waals surface area contributed by atoms with Crippen LogP contribution >= 0.6 is 0 Å². The number of ether oxygens (including phenoxy) is 2. The Morgan fingerprint density at radius 1 is 1.24 bits per heavy atom. The van der Waals surface area contributed by atoms with Gasteiger partial charge in [-0.1, -0.05) is 24.6 Å². The van der Waals surface area contributed by atoms with Crippen LogP contribution in [0.3, 0.4) is 0 Å². The van der Waals surface area contributed by atoms with Crippen molar-refractivity contribution < 1.29 is 19.1 Å². The van der Waals surface area contributed by atoms with Crippen molar-refractivity contribution >= 4 is 11.9 Å². The normalized spacial score (nSPS) is 11.6. The number of carbonyl (C=O) groups excluding carboxylic acids is 2. The summed E-state index contributed by atoms with van der Waals surface area (Å²) in [5.41, 5.74) is 1.12. The Hall–Kier alpha value is -2.04. The zero-order valence-corrected chi connectivity index (χ0v) is 13.1. The lowest BCUT2D eigenvalue weighted by atomic mass is 10.2. The second kappa shape index (κ2) is 8.29. The maximum Gasteiger partial charge on any atom is 0.325 e. The quantitative estimate of drug-likeness (QED) is 0.723. The zero-order valence-electron chi connectivity index (χ0n) is 13.1. The molecule has 1 rings (SSSR count). The molecule has 0 aromatic heterocycles. The summed E-state index contributed by atoms with van der Waals surface area (Å²) < 4.78 is 10.2. The Morgan fingerprint density at radius 3 is 2.38 bits per heavy atom. The number of methoxy groups -OCH3 is 1. The number of esters is 1. The minimum atomic E-state index is -0.649. The third kappa shape index (κ3) is 5.45. The number of nitrogens with zero attached hydrogens (tertiary/aromatic N) is 1. The number of aryl methyl sites for hydroxylation is 1. The fourth-order valence-corrected chi connectivity index (χ4v) is 1.89. The van der Waals surface area contributed by atoms with Crippen molar-refractivity contribution in [3.63, 3.8) is 0 Å². The molecule has 0 spiro atoms. The van der Waals surface area contributed by atoms with E-state index in [0.29, 0.717) is 12.3 Å². The van der Waals surface area contributed by atoms with Crippen molar-refractivity contribution in [2.75, 3.05) is 20.2 Å². The van der Waals surface area contributed by atoms with Crippen LogP contribution in [0.2, 0.25) is 0 Å². The third-order valence-electron chi connectivity index (χ3n) is 3.03. The second-order valence-electron chi connectivity index (χ2n) is 4.91. The SMILES string of the molecule is CCCN(CC(=O)OC)C(=O)C(C)Oc1ccc(C)cc1. The lowest BCUT2D eigenvalue weighted by Gasteiger charge is -2.24. The van der Waals surface area contributed by atoms with Gasteiger partial charge in [0.15, 0.2) is 6.10 Å². The predicted molar refractivity (Wildman–Crippen MR) is 80.2 cm³/mol. The monoisotopic (exact) mass is 293 g/mol. The molecule has 0 bridgehead atoms. The maximum absolute atomic E-state index is 12.3. The van der Waals surface area contributed by atoms with E-state index in [4.69, 9.17) is 4.74 Å². The minimum Gasteiger partial charge on any atom is -0.481 e. The molecule has 1 aromatic carbocycles. The molecule has 1 aromatic rings. The summed E-state index contributed by atoms with van der Waals surface area (Å²) in [6, 6.07) is 7.49. The average molecular weight is 293 g/mol. The van der Waals surface area contributed by atoms with E-state index in [1.165, 1.54) is 12.0 Å². The molecule has 0 saturated heterocycles. The molecular formula is C16H23NO4. The fraction of sp³-hybridized carbons (Fsp3) is 0.500. The standard InChI is InChI=1S/C16H23NO4/c1-5-10-17(11-15(18)20-4)16(19)13(3)21-14-8-6-12(2)7-9-14/h6-9,13H,5,10-11H2,1-4H3. The van der Waals surface area contributed by atoms with Crippen molar-refractivity contribution in [2.45, 2.75) is 33.3 Å². The Balaban J connectivity index is 2.68. The molecule has 21 heavy (non-hydrogen) atoms. The van der Waals surface area contributed by atoms with Gasteiger partial charge in [0.2, 0.25) is 0 Å². The van der Waals surface area contributed by atoms with E-state index >= 15 is 0 Å². The Labute approximate surface area is 125 Å². The predicted octanol–water partition coefficient (Wildman–Crippen LogP) is 2.17. The van der Waals surface area contributed by atoms with E-state index in [9.17, 15) is 9.59 Å². The number of carbonyl (C=O) groups is 2. The summed E-state index contributed by atoms with van der Waals surface area (Å²) in [4.78, 5) is 25.2. The van der Waals surface area contributed by atoms with E-state index in [1.54, 1.807) is 6.92 Å². The van der Waals surface area contributed by atoms with E-state index in [-0.39, 0.29) is 12.5 Å². The third-order valence-corrected chi connectivity index (χ3v) is 3.03. The summed E-state index contributed by atoms with van der Waals surface area (Å²) in [6.07, 6.45) is 0.115. The van der Waals surface area contributed by atoms with E-state index in [0.717, 1.165) is 12.0 Å². The lowest BCUT2D eigenvalue weighted by molar-refractivity contribution is -0.149. The highest BCUT2D eigenvalue weighted by molar-refractivity contribution is 5.85. The molecule has 0 aliphatic carbocycles. The van der Waals surface area contributed by atoms with Crippen LogP contribution in [-0.4, -0.2) is 43.1 Å². The van der Waals surface area contributed by atoms with Crippen molar-refractivity contribution in [3.05, 3.63) is 29.8 Å². The van der Waals surface area contributed by atoms with Gasteiger partial charge < -0.3 is 14.4 Å². The zero-order chi connectivity index (χ0) is 15.8. The first-order valence-electron chi connectivity index (χ1n) is 7.06. The van der Waals surface area contributed by atoms with Crippen molar-refractivity contribution in [1.29, 1.82) is 0 Å². The topological polar surface area (TPSA) is 55.8 Å². The molecule has 1 unspecified atom stereocenters. The first-order valence-corrected chi connectivity index (χ1v) is 7.06. The van der Waals surface area contributed by atoms with Crippen LogP contribution < -0.4 is 4.74 Å². The van der Waals surface area contributed by atoms with Crippen LogP contribution in [0.5, 0.6) is 5.75 Å². The summed E-state index contributed by atoms with van der Waals surface area (Å²) in [5.74, 6) is -0.0156. The molecule has 5 nitrogen and oxygen atoms in total. The molecule has 0 aliphatic heterocycles. The van der Waals surface area contributed by atoms with Gasteiger partial charge in [-0.25, -0.2) is 0 Å². The van der Waals surface area contributed by atoms with Gasteiger partial charge in [-0.3, -0.25) is 9.59 Å². The molecule has 0 radical (unpaired) electrons. The lowest BCUT2D eigenvalue weighted by Crippen LogP contribution is -2.43. The Bertz CT molecular complexity index is 470. The number of benzene rings is 1. The molecule has 5 heteroatoms. The minimum absolute atomic E-state index is 0.0508. The molecule has 0 fully saturated rings. The number of hydrogen-bond acceptors (Lipinski definition) is 4. The van der Waals surface area contributed by atoms with Gasteiger partial charge in [-0.05, 0) is 32.4 Å². The average Bonchev–Trinajstić information content (AvgIpc) is 2.48. The smallest absolute Gasteiger partial charge is 0.325 e. The first-order chi connectivity index (χ1) is 9.97. The molecular weight excluding hydrogens is 270 g/mol. The van der Waals surface area contributed by atoms with Gasteiger partial charge in [0, 0.05) is 6.54 Å². The van der Waals surface area contributed by atoms with Gasteiger partial charge in [0.1, 0.15) is 12.3 Å². The van der Waals surface area contributed by atoms with Crippen LogP contribution in [0, 0.1) is 6.92 Å². The largest absolute Gasteiger partial charge is 0.481 e. The Morgan fingerprint density at radius 2 is 1.86 bits per heavy atom. The highest BCUT2D eigenvalue weighted by Gasteiger charge is 2.23. The molecule has 1 amide bonds. The van der Waals surface area contributed by atoms with E-state index < -0.39 is 12.1 Å². The van der Waals surface area contributed by atoms with Crippen molar-refractivity contribution in [3.8, 4) is 5.75 Å². The number of amides is 1. The Kier molecular flexibility index (Phi) is 6.72. The van der Waals surface area contributed by atoms with Gasteiger partial charge in [-0.2, -0.15) is 0 Å². The highest BCUT2D eigenvalue weighted by atomic mass is 16.5. The van der Waals surface area contributed by atoms with Crippen LogP contribution in [0.1, 0.15) is 25.8 Å². The fourth-order valence-electron chi connectivity index (χ4n) is 1.89. The molecule has 116 valence electrons.